The molecule has 110 valence electrons. The van der Waals surface area contributed by atoms with Gasteiger partial charge in [0, 0.05) is 22.9 Å². The Labute approximate surface area is 127 Å². The first-order valence-corrected chi connectivity index (χ1v) is 8.08. The zero-order valence-electron chi connectivity index (χ0n) is 11.3. The summed E-state index contributed by atoms with van der Waals surface area (Å²) in [5, 5.41) is 0.727. The van der Waals surface area contributed by atoms with Crippen molar-refractivity contribution >= 4 is 29.3 Å². The van der Waals surface area contributed by atoms with Crippen LogP contribution in [0.4, 0.5) is 0 Å². The van der Waals surface area contributed by atoms with Crippen LogP contribution >= 0.6 is 23.4 Å². The Kier molecular flexibility index (Phi) is 5.57. The van der Waals surface area contributed by atoms with Crippen molar-refractivity contribution < 1.29 is 14.3 Å². The summed E-state index contributed by atoms with van der Waals surface area (Å²) in [6.07, 6.45) is 0.959. The zero-order valence-corrected chi connectivity index (χ0v) is 12.9. The number of carbonyl (C=O) groups excluding carboxylic acids is 1. The number of ether oxygens (including phenoxy) is 2. The number of rotatable bonds is 6. The fourth-order valence-corrected chi connectivity index (χ4v) is 3.20. The third kappa shape index (κ3) is 4.04. The molecule has 1 aromatic rings. The molecule has 0 amide bonds. The van der Waals surface area contributed by atoms with Crippen molar-refractivity contribution in [3.63, 3.8) is 0 Å². The molecule has 1 aromatic carbocycles. The van der Waals surface area contributed by atoms with Crippen molar-refractivity contribution in [2.45, 2.75) is 25.5 Å². The summed E-state index contributed by atoms with van der Waals surface area (Å²) < 4.78 is 10.7. The molecular weight excluding hydrogens is 298 g/mol. The van der Waals surface area contributed by atoms with Crippen LogP contribution in [0.5, 0.6) is 5.75 Å². The van der Waals surface area contributed by atoms with Gasteiger partial charge in [-0.25, -0.2) is 0 Å². The molecule has 0 fully saturated rings. The highest BCUT2D eigenvalue weighted by Gasteiger charge is 2.23. The van der Waals surface area contributed by atoms with E-state index in [0.717, 1.165) is 28.5 Å². The number of thioether (sulfide) groups is 1. The molecule has 2 unspecified atom stereocenters. The summed E-state index contributed by atoms with van der Waals surface area (Å²) in [6, 6.07) is 5.09. The fraction of sp³-hybridized carbons (Fsp3) is 0.500. The Morgan fingerprint density at radius 2 is 2.45 bits per heavy atom. The lowest BCUT2D eigenvalue weighted by molar-refractivity contribution is -0.144. The third-order valence-electron chi connectivity index (χ3n) is 2.95. The second-order valence-electron chi connectivity index (χ2n) is 4.59. The highest BCUT2D eigenvalue weighted by Crippen LogP contribution is 2.32. The first-order valence-electron chi connectivity index (χ1n) is 6.55. The van der Waals surface area contributed by atoms with Crippen molar-refractivity contribution in [2.24, 2.45) is 5.73 Å². The Morgan fingerprint density at radius 1 is 1.65 bits per heavy atom. The van der Waals surface area contributed by atoms with Crippen molar-refractivity contribution in [3.8, 4) is 5.75 Å². The predicted octanol–water partition coefficient (Wildman–Crippen LogP) is 2.27. The third-order valence-corrected chi connectivity index (χ3v) is 4.39. The molecule has 0 saturated heterocycles. The summed E-state index contributed by atoms with van der Waals surface area (Å²) in [4.78, 5) is 11.4. The number of fused-ring (bicyclic) bond motifs is 1. The van der Waals surface area contributed by atoms with Gasteiger partial charge in [0.1, 0.15) is 17.9 Å². The van der Waals surface area contributed by atoms with Crippen LogP contribution in [0.15, 0.2) is 18.2 Å². The first-order chi connectivity index (χ1) is 9.60. The minimum Gasteiger partial charge on any atom is -0.489 e. The molecule has 0 bridgehead atoms. The zero-order chi connectivity index (χ0) is 14.5. The number of benzene rings is 1. The minimum absolute atomic E-state index is 0.114. The maximum absolute atomic E-state index is 11.4. The number of nitrogens with two attached hydrogens (primary N) is 1. The molecule has 6 heteroatoms. The SMILES string of the molecule is CCOC(=O)C(N)CSCC1Cc2cc(Cl)ccc2O1. The summed E-state index contributed by atoms with van der Waals surface area (Å²) in [7, 11) is 0. The maximum atomic E-state index is 11.4. The number of carbonyl (C=O) groups is 1. The average molecular weight is 316 g/mol. The van der Waals surface area contributed by atoms with Crippen LogP contribution in [0.25, 0.3) is 0 Å². The van der Waals surface area contributed by atoms with Gasteiger partial charge in [0.05, 0.1) is 6.61 Å². The Bertz CT molecular complexity index is 483. The highest BCUT2D eigenvalue weighted by molar-refractivity contribution is 7.99. The molecule has 2 N–H and O–H groups in total. The normalized spacial score (nSPS) is 18.2. The van der Waals surface area contributed by atoms with Gasteiger partial charge in [-0.1, -0.05) is 11.6 Å². The Balaban J connectivity index is 1.73. The summed E-state index contributed by atoms with van der Waals surface area (Å²) >= 11 is 7.56. The van der Waals surface area contributed by atoms with Gasteiger partial charge < -0.3 is 15.2 Å². The topological polar surface area (TPSA) is 61.5 Å². The van der Waals surface area contributed by atoms with E-state index in [9.17, 15) is 4.79 Å². The molecule has 0 aromatic heterocycles. The van der Waals surface area contributed by atoms with E-state index in [1.807, 2.05) is 18.2 Å². The van der Waals surface area contributed by atoms with E-state index < -0.39 is 6.04 Å². The van der Waals surface area contributed by atoms with Crippen molar-refractivity contribution in [1.29, 1.82) is 0 Å². The summed E-state index contributed by atoms with van der Waals surface area (Å²) in [6.45, 7) is 2.13. The molecule has 4 nitrogen and oxygen atoms in total. The van der Waals surface area contributed by atoms with E-state index >= 15 is 0 Å². The van der Waals surface area contributed by atoms with Crippen LogP contribution in [-0.2, 0) is 16.0 Å². The molecule has 0 spiro atoms. The van der Waals surface area contributed by atoms with Crippen LogP contribution in [0.3, 0.4) is 0 Å². The Hall–Kier alpha value is -0.910. The largest absolute Gasteiger partial charge is 0.489 e. The van der Waals surface area contributed by atoms with Gasteiger partial charge >= 0.3 is 5.97 Å². The van der Waals surface area contributed by atoms with Crippen LogP contribution in [0.1, 0.15) is 12.5 Å². The van der Waals surface area contributed by atoms with Gasteiger partial charge in [-0.05, 0) is 30.7 Å². The minimum atomic E-state index is -0.571. The van der Waals surface area contributed by atoms with Crippen LogP contribution < -0.4 is 10.5 Å². The van der Waals surface area contributed by atoms with Crippen LogP contribution in [0.2, 0.25) is 5.02 Å². The fourth-order valence-electron chi connectivity index (χ4n) is 2.03. The predicted molar refractivity (Wildman–Crippen MR) is 81.5 cm³/mol. The van der Waals surface area contributed by atoms with Crippen molar-refractivity contribution in [3.05, 3.63) is 28.8 Å². The first kappa shape index (κ1) is 15.5. The van der Waals surface area contributed by atoms with Gasteiger partial charge in [0.2, 0.25) is 0 Å². The maximum Gasteiger partial charge on any atom is 0.323 e. The molecule has 2 rings (SSSR count). The van der Waals surface area contributed by atoms with Crippen molar-refractivity contribution in [1.82, 2.24) is 0 Å². The molecular formula is C14H18ClNO3S. The molecule has 0 aliphatic carbocycles. The number of esters is 1. The molecule has 20 heavy (non-hydrogen) atoms. The number of hydrogen-bond donors (Lipinski definition) is 1. The van der Waals surface area contributed by atoms with E-state index in [1.54, 1.807) is 18.7 Å². The van der Waals surface area contributed by atoms with E-state index in [2.05, 4.69) is 0 Å². The molecule has 1 heterocycles. The van der Waals surface area contributed by atoms with Gasteiger partial charge in [-0.3, -0.25) is 4.79 Å². The van der Waals surface area contributed by atoms with E-state index in [-0.39, 0.29) is 12.1 Å². The van der Waals surface area contributed by atoms with E-state index in [4.69, 9.17) is 26.8 Å². The number of hydrogen-bond acceptors (Lipinski definition) is 5. The van der Waals surface area contributed by atoms with Gasteiger partial charge in [-0.15, -0.1) is 0 Å². The second-order valence-corrected chi connectivity index (χ2v) is 6.10. The molecule has 0 radical (unpaired) electrons. The molecule has 1 aliphatic rings. The smallest absolute Gasteiger partial charge is 0.323 e. The quantitative estimate of drug-likeness (QED) is 0.816. The van der Waals surface area contributed by atoms with Crippen LogP contribution in [-0.4, -0.2) is 36.2 Å². The van der Waals surface area contributed by atoms with Gasteiger partial charge in [-0.2, -0.15) is 11.8 Å². The molecule has 0 saturated carbocycles. The summed E-state index contributed by atoms with van der Waals surface area (Å²) in [5.74, 6) is 1.88. The van der Waals surface area contributed by atoms with E-state index in [0.29, 0.717) is 12.4 Å². The lowest BCUT2D eigenvalue weighted by Crippen LogP contribution is -2.35. The average Bonchev–Trinajstić information content (AvgIpc) is 2.80. The lowest BCUT2D eigenvalue weighted by atomic mass is 10.1. The molecule has 2 atom stereocenters. The second kappa shape index (κ2) is 7.20. The number of halogens is 1. The molecule has 1 aliphatic heterocycles. The van der Waals surface area contributed by atoms with Gasteiger partial charge in [0.25, 0.3) is 0 Å². The Morgan fingerprint density at radius 3 is 3.20 bits per heavy atom. The monoisotopic (exact) mass is 315 g/mol. The summed E-state index contributed by atoms with van der Waals surface area (Å²) in [5.41, 5.74) is 6.88. The van der Waals surface area contributed by atoms with Crippen molar-refractivity contribution in [2.75, 3.05) is 18.1 Å². The van der Waals surface area contributed by atoms with Gasteiger partial charge in [0.15, 0.2) is 0 Å². The highest BCUT2D eigenvalue weighted by atomic mass is 35.5. The van der Waals surface area contributed by atoms with Crippen LogP contribution in [0, 0.1) is 0 Å². The lowest BCUT2D eigenvalue weighted by Gasteiger charge is -2.13. The standard InChI is InChI=1S/C14H18ClNO3S/c1-2-18-14(17)12(16)8-20-7-11-6-9-5-10(15)3-4-13(9)19-11/h3-5,11-12H,2,6-8,16H2,1H3. The van der Waals surface area contributed by atoms with E-state index in [1.165, 1.54) is 0 Å².